The summed E-state index contributed by atoms with van der Waals surface area (Å²) in [5.74, 6) is 0.507. The Morgan fingerprint density at radius 3 is 2.27 bits per heavy atom. The summed E-state index contributed by atoms with van der Waals surface area (Å²) >= 11 is 0. The molecule has 0 saturated carbocycles. The number of nitrogens with one attached hydrogen (secondary N) is 1. The van der Waals surface area contributed by atoms with Crippen LogP contribution in [0.1, 0.15) is 41.0 Å². The molecule has 1 N–H and O–H groups in total. The summed E-state index contributed by atoms with van der Waals surface area (Å²) in [4.78, 5) is 0. The quantitative estimate of drug-likeness (QED) is 0.596. The fraction of sp³-hybridized carbons (Fsp3) is 0.280. The van der Waals surface area contributed by atoms with Gasteiger partial charge in [-0.2, -0.15) is 0 Å². The van der Waals surface area contributed by atoms with Crippen LogP contribution < -0.4 is 5.32 Å². The summed E-state index contributed by atoms with van der Waals surface area (Å²) < 4.78 is 0. The molecule has 0 spiro atoms. The molecule has 2 atom stereocenters. The molecule has 132 valence electrons. The van der Waals surface area contributed by atoms with Gasteiger partial charge in [0.05, 0.1) is 0 Å². The zero-order valence-electron chi connectivity index (χ0n) is 15.3. The van der Waals surface area contributed by atoms with Crippen molar-refractivity contribution in [3.8, 4) is 0 Å². The predicted molar refractivity (Wildman–Crippen MR) is 110 cm³/mol. The van der Waals surface area contributed by atoms with Gasteiger partial charge in [-0.3, -0.25) is 0 Å². The molecule has 0 amide bonds. The van der Waals surface area contributed by atoms with Gasteiger partial charge < -0.3 is 5.32 Å². The molecule has 0 bridgehead atoms. The highest BCUT2D eigenvalue weighted by molar-refractivity contribution is 5.40. The van der Waals surface area contributed by atoms with Crippen LogP contribution in [0.4, 0.5) is 0 Å². The summed E-state index contributed by atoms with van der Waals surface area (Å²) in [6.07, 6.45) is 4.68. The maximum Gasteiger partial charge on any atom is 0.0117 e. The van der Waals surface area contributed by atoms with Crippen molar-refractivity contribution in [2.45, 2.75) is 37.6 Å². The Hall–Kier alpha value is -2.38. The number of aryl methyl sites for hydroxylation is 1. The second kappa shape index (κ2) is 8.33. The summed E-state index contributed by atoms with van der Waals surface area (Å²) in [5.41, 5.74) is 5.90. The van der Waals surface area contributed by atoms with Crippen molar-refractivity contribution >= 4 is 0 Å². The SMILES string of the molecule is c1ccc(CCCN[C@H]2Cc3ccccc3[C@H](c3ccccc3)C2)cc1. The second-order valence-electron chi connectivity index (χ2n) is 7.34. The van der Waals surface area contributed by atoms with E-state index in [0.717, 1.165) is 19.4 Å². The molecule has 1 aliphatic rings. The Kier molecular flexibility index (Phi) is 5.47. The Bertz CT molecular complexity index is 810. The van der Waals surface area contributed by atoms with E-state index in [9.17, 15) is 0 Å². The van der Waals surface area contributed by atoms with Gasteiger partial charge in [0.15, 0.2) is 0 Å². The van der Waals surface area contributed by atoms with Crippen molar-refractivity contribution < 1.29 is 0 Å². The number of rotatable bonds is 6. The van der Waals surface area contributed by atoms with Crippen LogP contribution in [-0.2, 0) is 12.8 Å². The molecule has 1 heteroatoms. The van der Waals surface area contributed by atoms with Crippen molar-refractivity contribution in [3.05, 3.63) is 107 Å². The molecular weight excluding hydrogens is 314 g/mol. The Morgan fingerprint density at radius 2 is 1.46 bits per heavy atom. The minimum Gasteiger partial charge on any atom is -0.314 e. The van der Waals surface area contributed by atoms with Gasteiger partial charge in [0, 0.05) is 12.0 Å². The first-order valence-electron chi connectivity index (χ1n) is 9.80. The molecule has 4 rings (SSSR count). The van der Waals surface area contributed by atoms with E-state index in [4.69, 9.17) is 0 Å². The number of benzene rings is 3. The van der Waals surface area contributed by atoms with E-state index in [1.807, 2.05) is 0 Å². The van der Waals surface area contributed by atoms with E-state index >= 15 is 0 Å². The molecule has 1 aliphatic carbocycles. The number of fused-ring (bicyclic) bond motifs is 1. The van der Waals surface area contributed by atoms with Crippen molar-refractivity contribution in [1.82, 2.24) is 5.32 Å². The first-order valence-corrected chi connectivity index (χ1v) is 9.80. The van der Waals surface area contributed by atoms with Gasteiger partial charge in [0.25, 0.3) is 0 Å². The van der Waals surface area contributed by atoms with Crippen LogP contribution >= 0.6 is 0 Å². The van der Waals surface area contributed by atoms with Gasteiger partial charge in [-0.25, -0.2) is 0 Å². The smallest absolute Gasteiger partial charge is 0.0117 e. The van der Waals surface area contributed by atoms with Crippen molar-refractivity contribution in [1.29, 1.82) is 0 Å². The van der Waals surface area contributed by atoms with Crippen LogP contribution in [0.3, 0.4) is 0 Å². The fourth-order valence-electron chi connectivity index (χ4n) is 4.22. The molecule has 0 aromatic heterocycles. The Balaban J connectivity index is 1.40. The fourth-order valence-corrected chi connectivity index (χ4v) is 4.22. The van der Waals surface area contributed by atoms with Crippen LogP contribution in [0.25, 0.3) is 0 Å². The van der Waals surface area contributed by atoms with Gasteiger partial charge >= 0.3 is 0 Å². The lowest BCUT2D eigenvalue weighted by Gasteiger charge is -2.32. The van der Waals surface area contributed by atoms with Crippen LogP contribution in [0, 0.1) is 0 Å². The molecule has 26 heavy (non-hydrogen) atoms. The van der Waals surface area contributed by atoms with Crippen molar-refractivity contribution in [3.63, 3.8) is 0 Å². The topological polar surface area (TPSA) is 12.0 Å². The summed E-state index contributed by atoms with van der Waals surface area (Å²) in [7, 11) is 0. The molecule has 0 aliphatic heterocycles. The summed E-state index contributed by atoms with van der Waals surface area (Å²) in [5, 5.41) is 3.83. The lowest BCUT2D eigenvalue weighted by atomic mass is 9.76. The molecular formula is C25H27N. The van der Waals surface area contributed by atoms with Gasteiger partial charge in [-0.15, -0.1) is 0 Å². The largest absolute Gasteiger partial charge is 0.314 e. The van der Waals surface area contributed by atoms with Gasteiger partial charge in [-0.1, -0.05) is 84.9 Å². The van der Waals surface area contributed by atoms with E-state index in [-0.39, 0.29) is 0 Å². The molecule has 0 saturated heterocycles. The van der Waals surface area contributed by atoms with Crippen LogP contribution in [-0.4, -0.2) is 12.6 Å². The number of hydrogen-bond donors (Lipinski definition) is 1. The summed E-state index contributed by atoms with van der Waals surface area (Å²) in [6, 6.07) is 31.3. The lowest BCUT2D eigenvalue weighted by Crippen LogP contribution is -2.37. The first-order chi connectivity index (χ1) is 12.9. The highest BCUT2D eigenvalue weighted by Crippen LogP contribution is 2.36. The van der Waals surface area contributed by atoms with Gasteiger partial charge in [-0.05, 0) is 54.5 Å². The van der Waals surface area contributed by atoms with Crippen molar-refractivity contribution in [2.75, 3.05) is 6.54 Å². The first kappa shape index (κ1) is 17.1. The molecule has 3 aromatic carbocycles. The molecule has 0 heterocycles. The zero-order valence-corrected chi connectivity index (χ0v) is 15.3. The van der Waals surface area contributed by atoms with Crippen LogP contribution in [0.2, 0.25) is 0 Å². The molecule has 3 aromatic rings. The van der Waals surface area contributed by atoms with Gasteiger partial charge in [0.2, 0.25) is 0 Å². The molecule has 0 radical (unpaired) electrons. The van der Waals surface area contributed by atoms with E-state index in [2.05, 4.69) is 90.2 Å². The minimum absolute atomic E-state index is 0.507. The monoisotopic (exact) mass is 341 g/mol. The highest BCUT2D eigenvalue weighted by Gasteiger charge is 2.27. The van der Waals surface area contributed by atoms with E-state index in [1.165, 1.54) is 35.1 Å². The third kappa shape index (κ3) is 4.05. The zero-order chi connectivity index (χ0) is 17.6. The second-order valence-corrected chi connectivity index (χ2v) is 7.34. The van der Waals surface area contributed by atoms with Crippen LogP contribution in [0.15, 0.2) is 84.9 Å². The predicted octanol–water partition coefficient (Wildman–Crippen LogP) is 5.36. The average Bonchev–Trinajstić information content (AvgIpc) is 2.72. The summed E-state index contributed by atoms with van der Waals surface area (Å²) in [6.45, 7) is 1.09. The minimum atomic E-state index is 0.507. The maximum atomic E-state index is 3.83. The normalized spacial score (nSPS) is 19.1. The van der Waals surface area contributed by atoms with Crippen molar-refractivity contribution in [2.24, 2.45) is 0 Å². The Morgan fingerprint density at radius 1 is 0.769 bits per heavy atom. The average molecular weight is 341 g/mol. The molecule has 1 nitrogen and oxygen atoms in total. The Labute approximate surface area is 157 Å². The van der Waals surface area contributed by atoms with Gasteiger partial charge in [0.1, 0.15) is 0 Å². The van der Waals surface area contributed by atoms with E-state index < -0.39 is 0 Å². The maximum absolute atomic E-state index is 3.83. The standard InChI is InChI=1S/C25H27N/c1-3-10-20(11-4-1)12-9-17-26-23-18-22-15-7-8-16-24(22)25(19-23)21-13-5-2-6-14-21/h1-8,10-11,13-16,23,25-26H,9,12,17-19H2/t23-,25-/m0/s1. The third-order valence-corrected chi connectivity index (χ3v) is 5.54. The third-order valence-electron chi connectivity index (χ3n) is 5.54. The van der Waals surface area contributed by atoms with E-state index in [1.54, 1.807) is 0 Å². The van der Waals surface area contributed by atoms with Crippen LogP contribution in [0.5, 0.6) is 0 Å². The lowest BCUT2D eigenvalue weighted by molar-refractivity contribution is 0.431. The highest BCUT2D eigenvalue weighted by atomic mass is 14.9. The van der Waals surface area contributed by atoms with E-state index in [0.29, 0.717) is 12.0 Å². The number of hydrogen-bond acceptors (Lipinski definition) is 1. The molecule has 0 fully saturated rings. The molecule has 0 unspecified atom stereocenters.